The van der Waals surface area contributed by atoms with E-state index in [1.165, 1.54) is 0 Å². The third-order valence-electron chi connectivity index (χ3n) is 7.68. The SMILES string of the molecule is CC.CC.CC(CO)NSC(=O)CN1CCN(CC(=O)O)CCN(CC(=O)O)CCN(CC(=O)O)CC1.CNC(CCCCNC(=O)CC(C)C)C(C)=O. The Kier molecular flexibility index (Phi) is 37.0. The van der Waals surface area contributed by atoms with Crippen molar-refractivity contribution in [1.82, 2.24) is 35.0 Å². The lowest BCUT2D eigenvalue weighted by atomic mass is 10.1. The van der Waals surface area contributed by atoms with Gasteiger partial charge in [-0.05, 0) is 58.0 Å². The summed E-state index contributed by atoms with van der Waals surface area (Å²) in [4.78, 5) is 75.5. The molecule has 2 atom stereocenters. The first-order valence-corrected chi connectivity index (χ1v) is 19.9. The van der Waals surface area contributed by atoms with Gasteiger partial charge in [0.25, 0.3) is 0 Å². The molecule has 0 aromatic carbocycles. The summed E-state index contributed by atoms with van der Waals surface area (Å²) in [6.07, 6.45) is 3.31. The minimum Gasteiger partial charge on any atom is -0.480 e. The van der Waals surface area contributed by atoms with E-state index in [1.807, 2.05) is 46.4 Å². The molecule has 54 heavy (non-hydrogen) atoms. The van der Waals surface area contributed by atoms with Gasteiger partial charge in [0.15, 0.2) is 0 Å². The van der Waals surface area contributed by atoms with Crippen molar-refractivity contribution in [1.29, 1.82) is 0 Å². The van der Waals surface area contributed by atoms with Crippen LogP contribution in [0.4, 0.5) is 0 Å². The van der Waals surface area contributed by atoms with Gasteiger partial charge in [0.2, 0.25) is 11.0 Å². The third-order valence-corrected chi connectivity index (χ3v) is 8.56. The van der Waals surface area contributed by atoms with Crippen LogP contribution >= 0.6 is 11.9 Å². The van der Waals surface area contributed by atoms with Gasteiger partial charge in [-0.2, -0.15) is 0 Å². The summed E-state index contributed by atoms with van der Waals surface area (Å²) in [7, 11) is 1.80. The maximum Gasteiger partial charge on any atom is 0.317 e. The van der Waals surface area contributed by atoms with Crippen LogP contribution in [0.1, 0.15) is 81.1 Å². The molecule has 1 heterocycles. The highest BCUT2D eigenvalue weighted by molar-refractivity contribution is 8.12. The molecule has 1 fully saturated rings. The van der Waals surface area contributed by atoms with Crippen molar-refractivity contribution < 1.29 is 49.2 Å². The molecule has 1 rings (SSSR count). The molecule has 7 N–H and O–H groups in total. The van der Waals surface area contributed by atoms with Crippen molar-refractivity contribution in [2.24, 2.45) is 5.92 Å². The summed E-state index contributed by atoms with van der Waals surface area (Å²) in [5.41, 5.74) is 0. The molecule has 0 spiro atoms. The Labute approximate surface area is 328 Å². The summed E-state index contributed by atoms with van der Waals surface area (Å²) in [5, 5.41) is 42.4. The van der Waals surface area contributed by atoms with Gasteiger partial charge >= 0.3 is 17.9 Å². The molecule has 0 saturated carbocycles. The van der Waals surface area contributed by atoms with E-state index in [2.05, 4.69) is 15.4 Å². The Hall–Kier alpha value is -2.71. The summed E-state index contributed by atoms with van der Waals surface area (Å²) in [6, 6.07) is -0.294. The van der Waals surface area contributed by atoms with Crippen molar-refractivity contribution >= 4 is 46.7 Å². The average Bonchev–Trinajstić information content (AvgIpc) is 3.10. The van der Waals surface area contributed by atoms with Crippen LogP contribution in [0.15, 0.2) is 0 Å². The predicted octanol–water partition coefficient (Wildman–Crippen LogP) is 1.16. The number of nitrogens with zero attached hydrogens (tertiary/aromatic N) is 4. The maximum absolute atomic E-state index is 12.4. The quantitative estimate of drug-likeness (QED) is 0.0677. The van der Waals surface area contributed by atoms with Crippen LogP contribution in [-0.2, 0) is 28.8 Å². The van der Waals surface area contributed by atoms with Crippen molar-refractivity contribution in [2.45, 2.75) is 93.2 Å². The summed E-state index contributed by atoms with van der Waals surface area (Å²) in [5.74, 6) is -2.31. The second-order valence-corrected chi connectivity index (χ2v) is 13.8. The zero-order chi connectivity index (χ0) is 42.1. The lowest BCUT2D eigenvalue weighted by molar-refractivity contribution is -0.140. The van der Waals surface area contributed by atoms with Crippen LogP contribution < -0.4 is 15.4 Å². The minimum atomic E-state index is -1.01. The molecule has 318 valence electrons. The number of aliphatic hydroxyl groups is 1. The molecule has 0 aromatic rings. The highest BCUT2D eigenvalue weighted by Gasteiger charge is 2.21. The van der Waals surface area contributed by atoms with Crippen LogP contribution in [0.3, 0.4) is 0 Å². The molecule has 1 aliphatic rings. The smallest absolute Gasteiger partial charge is 0.317 e. The van der Waals surface area contributed by atoms with Crippen LogP contribution in [-0.4, -0.2) is 186 Å². The Morgan fingerprint density at radius 1 is 0.667 bits per heavy atom. The van der Waals surface area contributed by atoms with E-state index in [0.717, 1.165) is 31.2 Å². The molecular weight excluding hydrogens is 723 g/mol. The number of carboxylic acids is 3. The summed E-state index contributed by atoms with van der Waals surface area (Å²) < 4.78 is 2.84. The number of amides is 1. The summed E-state index contributed by atoms with van der Waals surface area (Å²) in [6.45, 7) is 18.2. The number of nitrogens with one attached hydrogen (secondary N) is 3. The highest BCUT2D eigenvalue weighted by atomic mass is 32.2. The van der Waals surface area contributed by atoms with Gasteiger partial charge in [-0.15, -0.1) is 0 Å². The normalized spacial score (nSPS) is 16.0. The van der Waals surface area contributed by atoms with Gasteiger partial charge in [0, 0.05) is 71.4 Å². The Morgan fingerprint density at radius 2 is 1.06 bits per heavy atom. The number of rotatable bonds is 20. The lowest BCUT2D eigenvalue weighted by Crippen LogP contribution is -2.49. The number of aliphatic hydroxyl groups excluding tert-OH is 1. The van der Waals surface area contributed by atoms with Gasteiger partial charge in [0.1, 0.15) is 5.78 Å². The number of carboxylic acid groups (broad SMARTS) is 3. The lowest BCUT2D eigenvalue weighted by Gasteiger charge is -2.32. The number of hydrogen-bond donors (Lipinski definition) is 7. The molecule has 18 heteroatoms. The molecular formula is C36H73N7O10S. The monoisotopic (exact) mass is 796 g/mol. The molecule has 0 aliphatic carbocycles. The molecule has 1 aliphatic heterocycles. The number of ketones is 1. The number of Topliss-reactive ketones (excluding diaryl/α,β-unsaturated/α-hetero) is 1. The summed E-state index contributed by atoms with van der Waals surface area (Å²) >= 11 is 0.892. The highest BCUT2D eigenvalue weighted by Crippen LogP contribution is 2.06. The van der Waals surface area contributed by atoms with Gasteiger partial charge in [0.05, 0.1) is 38.8 Å². The van der Waals surface area contributed by atoms with E-state index in [9.17, 15) is 44.1 Å². The van der Waals surface area contributed by atoms with E-state index >= 15 is 0 Å². The maximum atomic E-state index is 12.4. The van der Waals surface area contributed by atoms with E-state index in [-0.39, 0.29) is 61.7 Å². The fourth-order valence-corrected chi connectivity index (χ4v) is 5.55. The standard InChI is InChI=1S/C19H35N5O8S.C13H26N2O2.2C2H6/c1-15(14-25)20-33-19(32)13-24-8-6-22(11-17(28)29)4-2-21(10-16(26)27)3-5-23(7-9-24)12-18(30)31;1-10(2)9-13(17)15-8-6-5-7-12(14-4)11(3)16;2*1-2/h15,20,25H,2-14H2,1H3,(H,26,27)(H,28,29)(H,30,31);10,12,14H,5-9H2,1-4H3,(H,15,17);2*1-2H3. The molecule has 1 amide bonds. The Morgan fingerprint density at radius 3 is 1.37 bits per heavy atom. The number of hydrogen-bond acceptors (Lipinski definition) is 14. The van der Waals surface area contributed by atoms with Crippen LogP contribution in [0, 0.1) is 5.92 Å². The van der Waals surface area contributed by atoms with Crippen molar-refractivity contribution in [3.63, 3.8) is 0 Å². The van der Waals surface area contributed by atoms with Gasteiger partial charge < -0.3 is 31.1 Å². The van der Waals surface area contributed by atoms with Gasteiger partial charge in [-0.25, -0.2) is 0 Å². The fraction of sp³-hybridized carbons (Fsp3) is 0.833. The number of carbonyl (C=O) groups excluding carboxylic acids is 3. The molecule has 17 nitrogen and oxygen atoms in total. The number of unbranched alkanes of at least 4 members (excludes halogenated alkanes) is 1. The topological polar surface area (TPSA) is 232 Å². The zero-order valence-corrected chi connectivity index (χ0v) is 35.2. The largest absolute Gasteiger partial charge is 0.480 e. The molecule has 2 unspecified atom stereocenters. The minimum absolute atomic E-state index is 0.0404. The van der Waals surface area contributed by atoms with E-state index in [0.29, 0.717) is 71.2 Å². The first-order valence-electron chi connectivity index (χ1n) is 19.1. The fourth-order valence-electron chi connectivity index (χ4n) is 4.90. The van der Waals surface area contributed by atoms with Crippen molar-refractivity contribution in [2.75, 3.05) is 98.7 Å². The number of carbonyl (C=O) groups is 6. The van der Waals surface area contributed by atoms with Gasteiger partial charge in [-0.3, -0.25) is 53.1 Å². The van der Waals surface area contributed by atoms with Crippen molar-refractivity contribution in [3.05, 3.63) is 0 Å². The van der Waals surface area contributed by atoms with Crippen LogP contribution in [0.25, 0.3) is 0 Å². The first kappa shape index (κ1) is 55.6. The molecule has 0 bridgehead atoms. The van der Waals surface area contributed by atoms with Crippen molar-refractivity contribution in [3.8, 4) is 0 Å². The number of aliphatic carboxylic acids is 3. The Balaban J connectivity index is -0.00000104. The molecule has 0 aromatic heterocycles. The first-order chi connectivity index (χ1) is 25.6. The third kappa shape index (κ3) is 33.8. The van der Waals surface area contributed by atoms with Crippen LogP contribution in [0.2, 0.25) is 0 Å². The predicted molar refractivity (Wildman–Crippen MR) is 213 cm³/mol. The van der Waals surface area contributed by atoms with Gasteiger partial charge in [-0.1, -0.05) is 41.5 Å². The van der Waals surface area contributed by atoms with Crippen LogP contribution in [0.5, 0.6) is 0 Å². The average molecular weight is 796 g/mol. The number of likely N-dealkylation sites (N-methyl/N-ethyl adjacent to an activating group) is 1. The van der Waals surface area contributed by atoms with E-state index in [1.54, 1.807) is 35.6 Å². The van der Waals surface area contributed by atoms with E-state index < -0.39 is 17.9 Å². The zero-order valence-electron chi connectivity index (χ0n) is 34.4. The Bertz CT molecular complexity index is 1010. The molecule has 1 saturated heterocycles. The van der Waals surface area contributed by atoms with E-state index in [4.69, 9.17) is 5.11 Å². The molecule has 0 radical (unpaired) electrons. The second kappa shape index (κ2) is 36.0. The second-order valence-electron chi connectivity index (χ2n) is 12.9.